The number of fused-ring (bicyclic) bond motifs is 1. The van der Waals surface area contributed by atoms with E-state index in [9.17, 15) is 0 Å². The Morgan fingerprint density at radius 1 is 1.21 bits per heavy atom. The van der Waals surface area contributed by atoms with E-state index in [1.807, 2.05) is 0 Å². The Kier molecular flexibility index (Phi) is 2.32. The summed E-state index contributed by atoms with van der Waals surface area (Å²) in [5, 5.41) is 2.12. The van der Waals surface area contributed by atoms with Gasteiger partial charge in [0.15, 0.2) is 0 Å². The van der Waals surface area contributed by atoms with E-state index in [0.29, 0.717) is 18.1 Å². The van der Waals surface area contributed by atoms with Gasteiger partial charge in [-0.25, -0.2) is 0 Å². The Morgan fingerprint density at radius 2 is 2.14 bits per heavy atom. The van der Waals surface area contributed by atoms with Crippen molar-refractivity contribution in [3.8, 4) is 0 Å². The van der Waals surface area contributed by atoms with Crippen LogP contribution in [0.3, 0.4) is 0 Å². The van der Waals surface area contributed by atoms with Crippen molar-refractivity contribution in [2.75, 3.05) is 13.2 Å². The third-order valence-corrected chi connectivity index (χ3v) is 4.11. The van der Waals surface area contributed by atoms with Crippen molar-refractivity contribution in [1.29, 1.82) is 0 Å². The van der Waals surface area contributed by atoms with E-state index in [4.69, 9.17) is 9.47 Å². The van der Waals surface area contributed by atoms with Gasteiger partial charge in [0, 0.05) is 24.0 Å². The van der Waals surface area contributed by atoms with Crippen molar-refractivity contribution in [2.45, 2.75) is 25.0 Å². The molecule has 1 aromatic rings. The zero-order valence-electron chi connectivity index (χ0n) is 8.02. The highest BCUT2D eigenvalue weighted by Gasteiger charge is 2.39. The van der Waals surface area contributed by atoms with Crippen molar-refractivity contribution < 1.29 is 9.47 Å². The molecular formula is C11H14O2S. The Labute approximate surface area is 87.8 Å². The lowest BCUT2D eigenvalue weighted by atomic mass is 9.90. The molecule has 76 valence electrons. The smallest absolute Gasteiger partial charge is 0.0970 e. The van der Waals surface area contributed by atoms with Crippen LogP contribution in [0.2, 0.25) is 0 Å². The number of rotatable bonds is 1. The second-order valence-electron chi connectivity index (χ2n) is 3.96. The molecule has 1 aromatic heterocycles. The Balaban J connectivity index is 1.84. The first-order valence-corrected chi connectivity index (χ1v) is 6.10. The highest BCUT2D eigenvalue weighted by molar-refractivity contribution is 7.10. The lowest BCUT2D eigenvalue weighted by Crippen LogP contribution is -2.31. The normalized spacial score (nSPS) is 37.0. The van der Waals surface area contributed by atoms with Gasteiger partial charge in [0.1, 0.15) is 0 Å². The molecule has 2 aliphatic heterocycles. The third-order valence-electron chi connectivity index (χ3n) is 3.17. The first-order valence-electron chi connectivity index (χ1n) is 5.22. The minimum Gasteiger partial charge on any atom is -0.378 e. The van der Waals surface area contributed by atoms with Crippen molar-refractivity contribution in [1.82, 2.24) is 0 Å². The van der Waals surface area contributed by atoms with E-state index in [1.165, 1.54) is 4.88 Å². The summed E-state index contributed by atoms with van der Waals surface area (Å²) < 4.78 is 11.6. The number of ether oxygens (including phenoxy) is 2. The Bertz CT molecular complexity index is 296. The van der Waals surface area contributed by atoms with Gasteiger partial charge in [-0.05, 0) is 24.3 Å². The van der Waals surface area contributed by atoms with E-state index in [1.54, 1.807) is 11.3 Å². The van der Waals surface area contributed by atoms with Crippen LogP contribution in [0.5, 0.6) is 0 Å². The highest BCUT2D eigenvalue weighted by atomic mass is 32.1. The summed E-state index contributed by atoms with van der Waals surface area (Å²) in [4.78, 5) is 1.37. The molecule has 0 spiro atoms. The molecule has 3 rings (SSSR count). The summed E-state index contributed by atoms with van der Waals surface area (Å²) in [6.07, 6.45) is 2.99. The minimum atomic E-state index is 0.302. The molecule has 2 aliphatic rings. The number of hydrogen-bond donors (Lipinski definition) is 0. The molecule has 0 unspecified atom stereocenters. The van der Waals surface area contributed by atoms with Gasteiger partial charge in [0.2, 0.25) is 0 Å². The van der Waals surface area contributed by atoms with E-state index in [0.717, 1.165) is 26.1 Å². The molecule has 2 saturated heterocycles. The van der Waals surface area contributed by atoms with E-state index < -0.39 is 0 Å². The van der Waals surface area contributed by atoms with Gasteiger partial charge < -0.3 is 9.47 Å². The molecule has 2 fully saturated rings. The minimum absolute atomic E-state index is 0.302. The average Bonchev–Trinajstić information content (AvgIpc) is 2.88. The lowest BCUT2D eigenvalue weighted by Gasteiger charge is -2.32. The Hall–Kier alpha value is -0.380. The maximum atomic E-state index is 5.87. The van der Waals surface area contributed by atoms with Crippen molar-refractivity contribution in [3.63, 3.8) is 0 Å². The van der Waals surface area contributed by atoms with Gasteiger partial charge in [0.25, 0.3) is 0 Å². The molecule has 0 saturated carbocycles. The van der Waals surface area contributed by atoms with Crippen molar-refractivity contribution in [3.05, 3.63) is 22.4 Å². The van der Waals surface area contributed by atoms with Crippen LogP contribution in [-0.4, -0.2) is 19.3 Å². The number of thiophene rings is 1. The standard InChI is InChI=1S/C11H14O2S/c1-2-10(14-7-1)11-8-3-5-12-9(8)4-6-13-11/h1-2,7-9,11H,3-6H2/t8-,9-,11+/m0/s1. The van der Waals surface area contributed by atoms with Gasteiger partial charge in [-0.1, -0.05) is 6.07 Å². The van der Waals surface area contributed by atoms with Crippen LogP contribution in [0, 0.1) is 5.92 Å². The quantitative estimate of drug-likeness (QED) is 0.709. The summed E-state index contributed by atoms with van der Waals surface area (Å²) in [5.41, 5.74) is 0. The van der Waals surface area contributed by atoms with E-state index >= 15 is 0 Å². The second-order valence-corrected chi connectivity index (χ2v) is 4.94. The summed E-state index contributed by atoms with van der Waals surface area (Å²) in [6.45, 7) is 1.77. The maximum Gasteiger partial charge on any atom is 0.0970 e. The topological polar surface area (TPSA) is 18.5 Å². The second kappa shape index (κ2) is 3.65. The molecule has 14 heavy (non-hydrogen) atoms. The molecule has 0 radical (unpaired) electrons. The molecule has 3 heterocycles. The van der Waals surface area contributed by atoms with Gasteiger partial charge in [-0.15, -0.1) is 11.3 Å². The summed E-state index contributed by atoms with van der Waals surface area (Å²) in [5.74, 6) is 0.599. The van der Waals surface area contributed by atoms with Crippen LogP contribution in [0.15, 0.2) is 17.5 Å². The van der Waals surface area contributed by atoms with Gasteiger partial charge >= 0.3 is 0 Å². The molecule has 0 N–H and O–H groups in total. The van der Waals surface area contributed by atoms with Crippen LogP contribution in [-0.2, 0) is 9.47 Å². The maximum absolute atomic E-state index is 5.87. The largest absolute Gasteiger partial charge is 0.378 e. The summed E-state index contributed by atoms with van der Waals surface area (Å²) in [6, 6.07) is 4.28. The fourth-order valence-corrected chi connectivity index (χ4v) is 3.34. The molecule has 0 aromatic carbocycles. The summed E-state index contributed by atoms with van der Waals surface area (Å²) in [7, 11) is 0. The van der Waals surface area contributed by atoms with Crippen LogP contribution >= 0.6 is 11.3 Å². The van der Waals surface area contributed by atoms with Crippen molar-refractivity contribution >= 4 is 11.3 Å². The summed E-state index contributed by atoms with van der Waals surface area (Å²) >= 11 is 1.80. The van der Waals surface area contributed by atoms with Crippen LogP contribution < -0.4 is 0 Å². The fraction of sp³-hybridized carbons (Fsp3) is 0.636. The molecule has 2 nitrogen and oxygen atoms in total. The van der Waals surface area contributed by atoms with Crippen LogP contribution in [0.25, 0.3) is 0 Å². The first kappa shape index (κ1) is 8.89. The van der Waals surface area contributed by atoms with Gasteiger partial charge in [0.05, 0.1) is 12.2 Å². The number of hydrogen-bond acceptors (Lipinski definition) is 3. The SMILES string of the molecule is c1csc([C@@H]2OCC[C@@H]3OCC[C@@H]32)c1. The molecule has 0 bridgehead atoms. The monoisotopic (exact) mass is 210 g/mol. The average molecular weight is 210 g/mol. The fourth-order valence-electron chi connectivity index (χ4n) is 2.49. The molecule has 0 aliphatic carbocycles. The Morgan fingerprint density at radius 3 is 3.00 bits per heavy atom. The van der Waals surface area contributed by atoms with Gasteiger partial charge in [-0.3, -0.25) is 0 Å². The van der Waals surface area contributed by atoms with Crippen LogP contribution in [0.1, 0.15) is 23.8 Å². The lowest BCUT2D eigenvalue weighted by molar-refractivity contribution is -0.0744. The third kappa shape index (κ3) is 1.40. The molecule has 3 atom stereocenters. The first-order chi connectivity index (χ1) is 6.95. The zero-order chi connectivity index (χ0) is 9.38. The zero-order valence-corrected chi connectivity index (χ0v) is 8.83. The van der Waals surface area contributed by atoms with Crippen molar-refractivity contribution in [2.24, 2.45) is 5.92 Å². The van der Waals surface area contributed by atoms with Gasteiger partial charge in [-0.2, -0.15) is 0 Å². The molecule has 0 amide bonds. The molecule has 3 heteroatoms. The van der Waals surface area contributed by atoms with Crippen LogP contribution in [0.4, 0.5) is 0 Å². The predicted octanol–water partition coefficient (Wildman–Crippen LogP) is 2.61. The highest BCUT2D eigenvalue weighted by Crippen LogP contribution is 2.41. The predicted molar refractivity (Wildman–Crippen MR) is 55.5 cm³/mol. The molecular weight excluding hydrogens is 196 g/mol. The van der Waals surface area contributed by atoms with E-state index in [-0.39, 0.29) is 0 Å². The van der Waals surface area contributed by atoms with E-state index in [2.05, 4.69) is 17.5 Å².